The van der Waals surface area contributed by atoms with Crippen molar-refractivity contribution < 1.29 is 23.9 Å². The zero-order valence-electron chi connectivity index (χ0n) is 11.2. The summed E-state index contributed by atoms with van der Waals surface area (Å²) < 4.78 is 16.3. The summed E-state index contributed by atoms with van der Waals surface area (Å²) in [6.45, 7) is 2.87. The molecule has 2 aromatic rings. The Bertz CT molecular complexity index is 710. The minimum absolute atomic E-state index is 0.169. The lowest BCUT2D eigenvalue weighted by Crippen LogP contribution is -2.17. The SMILES string of the molecule is CCc1c2c(cc(Cl)c1-c1cc(C(=O)O)no1)OCCO2. The maximum atomic E-state index is 10.9. The average Bonchev–Trinajstić information content (AvgIpc) is 2.95. The Kier molecular flexibility index (Phi) is 3.47. The van der Waals surface area contributed by atoms with Crippen LogP contribution in [0, 0.1) is 0 Å². The standard InChI is InChI=1S/C14H12ClNO5/c1-2-7-12(10-6-9(14(17)18)16-21-10)8(15)5-11-13(7)20-4-3-19-11/h5-6H,2-4H2,1H3,(H,17,18). The molecule has 0 amide bonds. The number of carbonyl (C=O) groups is 1. The molecule has 0 fully saturated rings. The average molecular weight is 310 g/mol. The van der Waals surface area contributed by atoms with Gasteiger partial charge >= 0.3 is 5.97 Å². The van der Waals surface area contributed by atoms with E-state index in [0.29, 0.717) is 47.5 Å². The highest BCUT2D eigenvalue weighted by Gasteiger charge is 2.25. The van der Waals surface area contributed by atoms with E-state index in [9.17, 15) is 4.79 Å². The summed E-state index contributed by atoms with van der Waals surface area (Å²) in [6.07, 6.45) is 0.630. The number of aromatic nitrogens is 1. The molecule has 0 spiro atoms. The smallest absolute Gasteiger partial charge is 0.358 e. The first-order valence-corrected chi connectivity index (χ1v) is 6.81. The summed E-state index contributed by atoms with van der Waals surface area (Å²) in [5, 5.41) is 12.9. The molecule has 7 heteroatoms. The highest BCUT2D eigenvalue weighted by atomic mass is 35.5. The molecule has 0 aliphatic carbocycles. The lowest BCUT2D eigenvalue weighted by molar-refractivity contribution is 0.0686. The number of carboxylic acid groups (broad SMARTS) is 1. The van der Waals surface area contributed by atoms with Gasteiger partial charge in [0, 0.05) is 23.3 Å². The molecule has 6 nitrogen and oxygen atoms in total. The Hall–Kier alpha value is -2.21. The molecule has 21 heavy (non-hydrogen) atoms. The van der Waals surface area contributed by atoms with Crippen molar-refractivity contribution in [2.75, 3.05) is 13.2 Å². The van der Waals surface area contributed by atoms with Gasteiger partial charge in [0.1, 0.15) is 13.2 Å². The molecule has 2 heterocycles. The predicted octanol–water partition coefficient (Wildman–Crippen LogP) is 3.03. The monoisotopic (exact) mass is 309 g/mol. The van der Waals surface area contributed by atoms with Gasteiger partial charge in [-0.3, -0.25) is 0 Å². The molecular formula is C14H12ClNO5. The van der Waals surface area contributed by atoms with E-state index in [4.69, 9.17) is 30.7 Å². The third-order valence-corrected chi connectivity index (χ3v) is 3.51. The number of nitrogens with zero attached hydrogens (tertiary/aromatic N) is 1. The molecule has 0 atom stereocenters. The van der Waals surface area contributed by atoms with Crippen molar-refractivity contribution in [2.45, 2.75) is 13.3 Å². The Labute approximate surface area is 125 Å². The maximum Gasteiger partial charge on any atom is 0.358 e. The summed E-state index contributed by atoms with van der Waals surface area (Å²) in [5.74, 6) is 0.351. The summed E-state index contributed by atoms with van der Waals surface area (Å²) >= 11 is 6.30. The number of benzene rings is 1. The van der Waals surface area contributed by atoms with Crippen LogP contribution < -0.4 is 9.47 Å². The number of aromatic carboxylic acids is 1. The maximum absolute atomic E-state index is 10.9. The Morgan fingerprint density at radius 1 is 1.38 bits per heavy atom. The Morgan fingerprint density at radius 2 is 2.14 bits per heavy atom. The van der Waals surface area contributed by atoms with Gasteiger partial charge in [-0.2, -0.15) is 0 Å². The molecule has 0 saturated heterocycles. The van der Waals surface area contributed by atoms with E-state index in [1.54, 1.807) is 6.07 Å². The van der Waals surface area contributed by atoms with Crippen LogP contribution in [0.3, 0.4) is 0 Å². The van der Waals surface area contributed by atoms with Gasteiger partial charge < -0.3 is 19.1 Å². The normalized spacial score (nSPS) is 13.2. The molecule has 1 aromatic carbocycles. The lowest BCUT2D eigenvalue weighted by atomic mass is 10.0. The number of halogens is 1. The number of hydrogen-bond acceptors (Lipinski definition) is 5. The van der Waals surface area contributed by atoms with E-state index in [2.05, 4.69) is 5.16 Å². The van der Waals surface area contributed by atoms with Crippen molar-refractivity contribution in [3.8, 4) is 22.8 Å². The molecule has 1 aromatic heterocycles. The summed E-state index contributed by atoms with van der Waals surface area (Å²) in [7, 11) is 0. The topological polar surface area (TPSA) is 81.8 Å². The zero-order valence-corrected chi connectivity index (χ0v) is 11.9. The number of rotatable bonds is 3. The molecule has 1 aliphatic heterocycles. The molecular weight excluding hydrogens is 298 g/mol. The van der Waals surface area contributed by atoms with Gasteiger partial charge in [-0.15, -0.1) is 0 Å². The second kappa shape index (κ2) is 5.29. The first kappa shape index (κ1) is 13.8. The van der Waals surface area contributed by atoms with Crippen molar-refractivity contribution in [1.29, 1.82) is 0 Å². The highest BCUT2D eigenvalue weighted by Crippen LogP contribution is 2.44. The van der Waals surface area contributed by atoms with Gasteiger partial charge in [-0.1, -0.05) is 23.7 Å². The lowest BCUT2D eigenvalue weighted by Gasteiger charge is -2.23. The second-order valence-electron chi connectivity index (χ2n) is 4.47. The number of carboxylic acids is 1. The van der Waals surface area contributed by atoms with Crippen LogP contribution in [0.15, 0.2) is 16.7 Å². The van der Waals surface area contributed by atoms with Crippen LogP contribution in [0.5, 0.6) is 11.5 Å². The fraction of sp³-hybridized carbons (Fsp3) is 0.286. The molecule has 3 rings (SSSR count). The van der Waals surface area contributed by atoms with Gasteiger partial charge in [0.15, 0.2) is 23.0 Å². The van der Waals surface area contributed by atoms with E-state index in [0.717, 1.165) is 5.56 Å². The van der Waals surface area contributed by atoms with Crippen LogP contribution in [0.4, 0.5) is 0 Å². The third kappa shape index (κ3) is 2.31. The molecule has 0 saturated carbocycles. The van der Waals surface area contributed by atoms with E-state index in [1.165, 1.54) is 6.07 Å². The minimum atomic E-state index is -1.16. The minimum Gasteiger partial charge on any atom is -0.486 e. The Morgan fingerprint density at radius 3 is 2.81 bits per heavy atom. The van der Waals surface area contributed by atoms with E-state index < -0.39 is 5.97 Å². The number of hydrogen-bond donors (Lipinski definition) is 1. The van der Waals surface area contributed by atoms with Gasteiger partial charge in [-0.25, -0.2) is 4.79 Å². The van der Waals surface area contributed by atoms with Crippen molar-refractivity contribution in [3.63, 3.8) is 0 Å². The third-order valence-electron chi connectivity index (χ3n) is 3.21. The van der Waals surface area contributed by atoms with Crippen molar-refractivity contribution in [2.24, 2.45) is 0 Å². The zero-order chi connectivity index (χ0) is 15.0. The molecule has 1 aliphatic rings. The van der Waals surface area contributed by atoms with Crippen LogP contribution in [0.2, 0.25) is 5.02 Å². The molecule has 1 N–H and O–H groups in total. The van der Waals surface area contributed by atoms with Crippen LogP contribution >= 0.6 is 11.6 Å². The predicted molar refractivity (Wildman–Crippen MR) is 74.3 cm³/mol. The quantitative estimate of drug-likeness (QED) is 0.938. The molecule has 0 unspecified atom stereocenters. The summed E-state index contributed by atoms with van der Waals surface area (Å²) in [4.78, 5) is 10.9. The molecule has 0 radical (unpaired) electrons. The molecule has 0 bridgehead atoms. The Balaban J connectivity index is 2.18. The summed E-state index contributed by atoms with van der Waals surface area (Å²) in [5.41, 5.74) is 1.23. The van der Waals surface area contributed by atoms with Crippen LogP contribution in [-0.4, -0.2) is 29.4 Å². The van der Waals surface area contributed by atoms with E-state index in [-0.39, 0.29) is 5.69 Å². The number of fused-ring (bicyclic) bond motifs is 1. The van der Waals surface area contributed by atoms with Gasteiger partial charge in [0.2, 0.25) is 0 Å². The summed E-state index contributed by atoms with van der Waals surface area (Å²) in [6, 6.07) is 2.99. The van der Waals surface area contributed by atoms with Crippen molar-refractivity contribution in [1.82, 2.24) is 5.16 Å². The van der Waals surface area contributed by atoms with Crippen LogP contribution in [-0.2, 0) is 6.42 Å². The number of ether oxygens (including phenoxy) is 2. The largest absolute Gasteiger partial charge is 0.486 e. The highest BCUT2D eigenvalue weighted by molar-refractivity contribution is 6.33. The van der Waals surface area contributed by atoms with Crippen molar-refractivity contribution >= 4 is 17.6 Å². The van der Waals surface area contributed by atoms with Gasteiger partial charge in [-0.05, 0) is 6.42 Å². The molecule has 110 valence electrons. The fourth-order valence-corrected chi connectivity index (χ4v) is 2.62. The first-order chi connectivity index (χ1) is 10.1. The van der Waals surface area contributed by atoms with Crippen LogP contribution in [0.1, 0.15) is 23.0 Å². The van der Waals surface area contributed by atoms with Crippen LogP contribution in [0.25, 0.3) is 11.3 Å². The van der Waals surface area contributed by atoms with Gasteiger partial charge in [0.25, 0.3) is 0 Å². The van der Waals surface area contributed by atoms with E-state index in [1.807, 2.05) is 6.92 Å². The van der Waals surface area contributed by atoms with Gasteiger partial charge in [0.05, 0.1) is 5.02 Å². The first-order valence-electron chi connectivity index (χ1n) is 6.43. The second-order valence-corrected chi connectivity index (χ2v) is 4.88. The fourth-order valence-electron chi connectivity index (χ4n) is 2.32. The van der Waals surface area contributed by atoms with Crippen molar-refractivity contribution in [3.05, 3.63) is 28.4 Å². The van der Waals surface area contributed by atoms with E-state index >= 15 is 0 Å².